The molecule has 1 rings (SSSR count). The highest BCUT2D eigenvalue weighted by molar-refractivity contribution is 7.99. The second-order valence-corrected chi connectivity index (χ2v) is 6.82. The highest BCUT2D eigenvalue weighted by atomic mass is 32.2. The molecule has 0 amide bonds. The van der Waals surface area contributed by atoms with Crippen LogP contribution in [-0.2, 0) is 0 Å². The molecule has 2 unspecified atom stereocenters. The summed E-state index contributed by atoms with van der Waals surface area (Å²) in [4.78, 5) is 2.63. The fraction of sp³-hybridized carbons (Fsp3) is 1.00. The van der Waals surface area contributed by atoms with E-state index in [1.54, 1.807) is 0 Å². The van der Waals surface area contributed by atoms with Gasteiger partial charge in [0.05, 0.1) is 0 Å². The van der Waals surface area contributed by atoms with Gasteiger partial charge < -0.3 is 5.73 Å². The highest BCUT2D eigenvalue weighted by Gasteiger charge is 2.22. The van der Waals surface area contributed by atoms with Gasteiger partial charge in [0.2, 0.25) is 0 Å². The third-order valence-corrected chi connectivity index (χ3v) is 4.84. The van der Waals surface area contributed by atoms with Crippen molar-refractivity contribution >= 4 is 11.8 Å². The van der Waals surface area contributed by atoms with Gasteiger partial charge in [-0.15, -0.1) is 0 Å². The molecule has 1 fully saturated rings. The van der Waals surface area contributed by atoms with Gasteiger partial charge in [-0.2, -0.15) is 11.8 Å². The molecular weight excluding hydrogens is 228 g/mol. The second kappa shape index (κ2) is 9.23. The maximum absolute atomic E-state index is 5.94. The SMILES string of the molecule is CCCCCCCC(CN)N1CCSC(C)C1. The van der Waals surface area contributed by atoms with Crippen molar-refractivity contribution in [3.8, 4) is 0 Å². The Morgan fingerprint density at radius 2 is 2.06 bits per heavy atom. The fourth-order valence-electron chi connectivity index (χ4n) is 2.61. The molecule has 102 valence electrons. The zero-order valence-electron chi connectivity index (χ0n) is 11.7. The predicted octanol–water partition coefficient (Wildman–Crippen LogP) is 3.11. The molecule has 0 spiro atoms. The summed E-state index contributed by atoms with van der Waals surface area (Å²) in [6.07, 6.45) is 8.19. The lowest BCUT2D eigenvalue weighted by Crippen LogP contribution is -2.47. The van der Waals surface area contributed by atoms with E-state index < -0.39 is 0 Å². The first-order valence-corrected chi connectivity index (χ1v) is 8.38. The van der Waals surface area contributed by atoms with Crippen molar-refractivity contribution in [2.75, 3.05) is 25.4 Å². The minimum absolute atomic E-state index is 0.639. The maximum atomic E-state index is 5.94. The Morgan fingerprint density at radius 3 is 2.71 bits per heavy atom. The van der Waals surface area contributed by atoms with Crippen molar-refractivity contribution < 1.29 is 0 Å². The summed E-state index contributed by atoms with van der Waals surface area (Å²) in [7, 11) is 0. The van der Waals surface area contributed by atoms with Gasteiger partial charge in [-0.25, -0.2) is 0 Å². The lowest BCUT2D eigenvalue weighted by Gasteiger charge is -2.36. The van der Waals surface area contributed by atoms with E-state index in [1.165, 1.54) is 57.4 Å². The summed E-state index contributed by atoms with van der Waals surface area (Å²) in [5, 5.41) is 0.790. The number of hydrogen-bond donors (Lipinski definition) is 1. The molecule has 0 saturated carbocycles. The van der Waals surface area contributed by atoms with Crippen LogP contribution in [0, 0.1) is 0 Å². The third kappa shape index (κ3) is 6.12. The Balaban J connectivity index is 2.18. The standard InChI is InChI=1S/C14H30N2S/c1-3-4-5-6-7-8-14(11-15)16-9-10-17-13(2)12-16/h13-14H,3-12,15H2,1-2H3. The van der Waals surface area contributed by atoms with Crippen molar-refractivity contribution in [2.24, 2.45) is 5.73 Å². The number of hydrogen-bond acceptors (Lipinski definition) is 3. The molecule has 1 aliphatic heterocycles. The number of nitrogens with two attached hydrogens (primary N) is 1. The molecular formula is C14H30N2S. The van der Waals surface area contributed by atoms with Crippen molar-refractivity contribution in [2.45, 2.75) is 63.7 Å². The van der Waals surface area contributed by atoms with Crippen LogP contribution in [0.2, 0.25) is 0 Å². The number of unbranched alkanes of at least 4 members (excludes halogenated alkanes) is 4. The van der Waals surface area contributed by atoms with Crippen molar-refractivity contribution in [1.29, 1.82) is 0 Å². The summed E-state index contributed by atoms with van der Waals surface area (Å²) < 4.78 is 0. The Hall–Kier alpha value is 0.270. The van der Waals surface area contributed by atoms with E-state index in [-0.39, 0.29) is 0 Å². The fourth-order valence-corrected chi connectivity index (χ4v) is 3.65. The Kier molecular flexibility index (Phi) is 8.33. The molecule has 17 heavy (non-hydrogen) atoms. The van der Waals surface area contributed by atoms with Crippen molar-refractivity contribution in [3.05, 3.63) is 0 Å². The van der Waals surface area contributed by atoms with Gasteiger partial charge in [0.15, 0.2) is 0 Å². The molecule has 2 nitrogen and oxygen atoms in total. The lowest BCUT2D eigenvalue weighted by molar-refractivity contribution is 0.196. The van der Waals surface area contributed by atoms with Crippen LogP contribution in [0.25, 0.3) is 0 Å². The van der Waals surface area contributed by atoms with E-state index in [2.05, 4.69) is 30.5 Å². The molecule has 0 aliphatic carbocycles. The monoisotopic (exact) mass is 258 g/mol. The van der Waals surface area contributed by atoms with E-state index in [0.29, 0.717) is 6.04 Å². The van der Waals surface area contributed by atoms with Gasteiger partial charge in [0, 0.05) is 36.7 Å². The summed E-state index contributed by atoms with van der Waals surface area (Å²) in [6, 6.07) is 0.639. The first-order chi connectivity index (χ1) is 8.27. The quantitative estimate of drug-likeness (QED) is 0.678. The molecule has 0 bridgehead atoms. The Labute approximate surface area is 112 Å². The average molecular weight is 258 g/mol. The summed E-state index contributed by atoms with van der Waals surface area (Å²) >= 11 is 2.10. The summed E-state index contributed by atoms with van der Waals surface area (Å²) in [5.41, 5.74) is 5.94. The van der Waals surface area contributed by atoms with Gasteiger partial charge in [0.1, 0.15) is 0 Å². The molecule has 0 aromatic heterocycles. The van der Waals surface area contributed by atoms with E-state index in [4.69, 9.17) is 5.73 Å². The Bertz CT molecular complexity index is 187. The van der Waals surface area contributed by atoms with E-state index >= 15 is 0 Å². The van der Waals surface area contributed by atoms with Gasteiger partial charge >= 0.3 is 0 Å². The second-order valence-electron chi connectivity index (χ2n) is 5.27. The average Bonchev–Trinajstić information content (AvgIpc) is 2.34. The number of thioether (sulfide) groups is 1. The zero-order chi connectivity index (χ0) is 12.5. The zero-order valence-corrected chi connectivity index (χ0v) is 12.5. The van der Waals surface area contributed by atoms with Crippen molar-refractivity contribution in [1.82, 2.24) is 4.90 Å². The molecule has 3 heteroatoms. The molecule has 1 heterocycles. The number of nitrogens with zero attached hydrogens (tertiary/aromatic N) is 1. The van der Waals surface area contributed by atoms with Crippen molar-refractivity contribution in [3.63, 3.8) is 0 Å². The predicted molar refractivity (Wildman–Crippen MR) is 79.7 cm³/mol. The molecule has 1 aliphatic rings. The van der Waals surface area contributed by atoms with Crippen LogP contribution in [-0.4, -0.2) is 41.6 Å². The summed E-state index contributed by atoms with van der Waals surface area (Å²) in [6.45, 7) is 7.93. The van der Waals surface area contributed by atoms with Crippen LogP contribution in [0.15, 0.2) is 0 Å². The highest BCUT2D eigenvalue weighted by Crippen LogP contribution is 2.21. The van der Waals surface area contributed by atoms with Gasteiger partial charge in [0.25, 0.3) is 0 Å². The largest absolute Gasteiger partial charge is 0.329 e. The molecule has 2 atom stereocenters. The van der Waals surface area contributed by atoms with E-state index in [1.807, 2.05) is 0 Å². The third-order valence-electron chi connectivity index (χ3n) is 3.70. The van der Waals surface area contributed by atoms with Crippen LogP contribution in [0.1, 0.15) is 52.4 Å². The smallest absolute Gasteiger partial charge is 0.0219 e. The lowest BCUT2D eigenvalue weighted by atomic mass is 10.0. The normalized spacial score (nSPS) is 23.8. The Morgan fingerprint density at radius 1 is 1.29 bits per heavy atom. The first-order valence-electron chi connectivity index (χ1n) is 7.33. The van der Waals surface area contributed by atoms with E-state index in [0.717, 1.165) is 11.8 Å². The maximum Gasteiger partial charge on any atom is 0.0219 e. The van der Waals surface area contributed by atoms with E-state index in [9.17, 15) is 0 Å². The molecule has 2 N–H and O–H groups in total. The molecule has 0 aromatic carbocycles. The van der Waals surface area contributed by atoms with Gasteiger partial charge in [-0.05, 0) is 6.42 Å². The first kappa shape index (κ1) is 15.3. The van der Waals surface area contributed by atoms with Crippen LogP contribution in [0.4, 0.5) is 0 Å². The van der Waals surface area contributed by atoms with Gasteiger partial charge in [-0.3, -0.25) is 4.90 Å². The topological polar surface area (TPSA) is 29.3 Å². The van der Waals surface area contributed by atoms with Gasteiger partial charge in [-0.1, -0.05) is 46.0 Å². The van der Waals surface area contributed by atoms with Crippen LogP contribution < -0.4 is 5.73 Å². The van der Waals surface area contributed by atoms with Crippen LogP contribution in [0.5, 0.6) is 0 Å². The number of rotatable bonds is 8. The van der Waals surface area contributed by atoms with Crippen LogP contribution >= 0.6 is 11.8 Å². The summed E-state index contributed by atoms with van der Waals surface area (Å²) in [5.74, 6) is 1.29. The van der Waals surface area contributed by atoms with Crippen LogP contribution in [0.3, 0.4) is 0 Å². The molecule has 0 aromatic rings. The molecule has 0 radical (unpaired) electrons. The minimum Gasteiger partial charge on any atom is -0.329 e. The molecule has 1 saturated heterocycles. The minimum atomic E-state index is 0.639.